The lowest BCUT2D eigenvalue weighted by Crippen LogP contribution is -2.53. The number of unbranched alkanes of at least 4 members (excludes halogenated alkanes) is 2. The van der Waals surface area contributed by atoms with Crippen molar-refractivity contribution in [3.63, 3.8) is 0 Å². The van der Waals surface area contributed by atoms with E-state index < -0.39 is 11.5 Å². The summed E-state index contributed by atoms with van der Waals surface area (Å²) in [5, 5.41) is 13.4. The third-order valence-corrected chi connectivity index (χ3v) is 6.11. The zero-order valence-corrected chi connectivity index (χ0v) is 23.5. The molecule has 200 valence electrons. The minimum Gasteiger partial charge on any atom is -0.496 e. The summed E-state index contributed by atoms with van der Waals surface area (Å²) in [4.78, 5) is 27.0. The number of allylic oxidation sites excluding steroid dienone is 2. The van der Waals surface area contributed by atoms with Crippen LogP contribution in [0.4, 0.5) is 0 Å². The predicted octanol–water partition coefficient (Wildman–Crippen LogP) is 6.17. The zero-order valence-electron chi connectivity index (χ0n) is 22.7. The Morgan fingerprint density at radius 2 is 1.80 bits per heavy atom. The molecule has 0 spiro atoms. The van der Waals surface area contributed by atoms with Gasteiger partial charge in [0.1, 0.15) is 11.3 Å². The Bertz CT molecular complexity index is 806. The number of carbonyl (C=O) groups is 2. The highest BCUT2D eigenvalue weighted by molar-refractivity contribution is 5.85. The Balaban J connectivity index is 0.0000116. The molecule has 1 amide bonds. The van der Waals surface area contributed by atoms with Gasteiger partial charge in [-0.3, -0.25) is 9.69 Å². The highest BCUT2D eigenvalue weighted by Crippen LogP contribution is 2.41. The van der Waals surface area contributed by atoms with E-state index in [1.54, 1.807) is 7.11 Å². The summed E-state index contributed by atoms with van der Waals surface area (Å²) in [6, 6.07) is 5.61. The number of ether oxygens (including phenoxy) is 1. The Kier molecular flexibility index (Phi) is 15.6. The second kappa shape index (κ2) is 16.6. The van der Waals surface area contributed by atoms with Crippen LogP contribution in [0.5, 0.6) is 5.75 Å². The number of likely N-dealkylation sites (N-methyl/N-ethyl adjacent to an activating group) is 1. The summed E-state index contributed by atoms with van der Waals surface area (Å²) in [5.41, 5.74) is 0.371. The number of benzene rings is 1. The average Bonchev–Trinajstić information content (AvgIpc) is 2.79. The van der Waals surface area contributed by atoms with Crippen molar-refractivity contribution in [3.05, 3.63) is 41.5 Å². The molecule has 0 saturated carbocycles. The van der Waals surface area contributed by atoms with Gasteiger partial charge >= 0.3 is 5.97 Å². The number of amides is 1. The van der Waals surface area contributed by atoms with Crippen molar-refractivity contribution in [2.45, 2.75) is 85.7 Å². The number of carboxylic acid groups (broad SMARTS) is 1. The standard InChI is InChI=1S/C28H46N2O4.ClH/c1-8-30(9-2)28(27(32)33,19-22(5)6)24-17-16-23(18-25(24)34-7)20-29-26(31)15-13-11-10-12-14-21(3)4;/h12,14,16-18,21-22H,8-11,13,15,19-20H2,1-7H3,(H,29,31)(H,32,33);1H/b14-12+;/t28-;/m1./s1. The molecule has 6 nitrogen and oxygen atoms in total. The van der Waals surface area contributed by atoms with E-state index in [1.165, 1.54) is 0 Å². The van der Waals surface area contributed by atoms with E-state index >= 15 is 0 Å². The van der Waals surface area contributed by atoms with Gasteiger partial charge in [0.05, 0.1) is 7.11 Å². The highest BCUT2D eigenvalue weighted by atomic mass is 35.5. The van der Waals surface area contributed by atoms with E-state index in [2.05, 4.69) is 31.3 Å². The number of aliphatic carboxylic acids is 1. The molecule has 1 aromatic carbocycles. The number of hydrogen-bond donors (Lipinski definition) is 2. The second-order valence-corrected chi connectivity index (χ2v) is 9.67. The summed E-state index contributed by atoms with van der Waals surface area (Å²) in [6.07, 6.45) is 8.21. The van der Waals surface area contributed by atoms with Crippen molar-refractivity contribution < 1.29 is 19.4 Å². The lowest BCUT2D eigenvalue weighted by molar-refractivity contribution is -0.154. The molecule has 0 aliphatic carbocycles. The van der Waals surface area contributed by atoms with E-state index in [4.69, 9.17) is 4.74 Å². The fourth-order valence-corrected chi connectivity index (χ4v) is 4.49. The van der Waals surface area contributed by atoms with Gasteiger partial charge in [0, 0.05) is 18.5 Å². The molecular formula is C28H47ClN2O4. The molecule has 35 heavy (non-hydrogen) atoms. The maximum Gasteiger partial charge on any atom is 0.328 e. The van der Waals surface area contributed by atoms with E-state index in [9.17, 15) is 14.7 Å². The molecule has 0 fully saturated rings. The maximum absolute atomic E-state index is 12.7. The van der Waals surface area contributed by atoms with Gasteiger partial charge in [-0.05, 0) is 62.2 Å². The van der Waals surface area contributed by atoms with Crippen molar-refractivity contribution in [1.82, 2.24) is 10.2 Å². The van der Waals surface area contributed by atoms with Crippen molar-refractivity contribution in [3.8, 4) is 5.75 Å². The number of nitrogens with one attached hydrogen (secondary N) is 1. The molecule has 1 atom stereocenters. The normalized spacial score (nSPS) is 13.2. The van der Waals surface area contributed by atoms with Crippen LogP contribution in [0.2, 0.25) is 0 Å². The van der Waals surface area contributed by atoms with Crippen LogP contribution in [0.25, 0.3) is 0 Å². The molecule has 2 N–H and O–H groups in total. The molecule has 0 radical (unpaired) electrons. The highest BCUT2D eigenvalue weighted by Gasteiger charge is 2.47. The third-order valence-electron chi connectivity index (χ3n) is 6.11. The Labute approximate surface area is 218 Å². The second-order valence-electron chi connectivity index (χ2n) is 9.67. The maximum atomic E-state index is 12.7. The van der Waals surface area contributed by atoms with Gasteiger partial charge in [-0.15, -0.1) is 12.4 Å². The van der Waals surface area contributed by atoms with E-state index in [-0.39, 0.29) is 24.2 Å². The molecule has 0 aliphatic rings. The van der Waals surface area contributed by atoms with Crippen molar-refractivity contribution in [2.75, 3.05) is 20.2 Å². The first-order chi connectivity index (χ1) is 16.1. The number of carbonyl (C=O) groups excluding carboxylic acids is 1. The van der Waals surface area contributed by atoms with Crippen molar-refractivity contribution in [2.24, 2.45) is 11.8 Å². The molecule has 1 aromatic rings. The molecule has 0 saturated heterocycles. The molecule has 0 heterocycles. The van der Waals surface area contributed by atoms with Crippen molar-refractivity contribution in [1.29, 1.82) is 0 Å². The number of carboxylic acids is 1. The molecular weight excluding hydrogens is 464 g/mol. The van der Waals surface area contributed by atoms with Crippen LogP contribution >= 0.6 is 12.4 Å². The topological polar surface area (TPSA) is 78.9 Å². The molecule has 7 heteroatoms. The molecule has 0 bridgehead atoms. The van der Waals surface area contributed by atoms with E-state index in [1.807, 2.05) is 50.8 Å². The Hall–Kier alpha value is -2.05. The summed E-state index contributed by atoms with van der Waals surface area (Å²) in [5.74, 6) is 0.441. The lowest BCUT2D eigenvalue weighted by Gasteiger charge is -2.42. The van der Waals surface area contributed by atoms with Crippen LogP contribution in [-0.4, -0.2) is 42.1 Å². The van der Waals surface area contributed by atoms with Crippen molar-refractivity contribution >= 4 is 24.3 Å². The lowest BCUT2D eigenvalue weighted by atomic mass is 9.79. The zero-order chi connectivity index (χ0) is 25.7. The fraction of sp³-hybridized carbons (Fsp3) is 0.643. The molecule has 1 rings (SSSR count). The molecule has 0 aliphatic heterocycles. The Morgan fingerprint density at radius 1 is 1.14 bits per heavy atom. The number of hydrogen-bond acceptors (Lipinski definition) is 4. The number of halogens is 1. The minimum atomic E-state index is -1.17. The fourth-order valence-electron chi connectivity index (χ4n) is 4.49. The summed E-state index contributed by atoms with van der Waals surface area (Å²) in [6.45, 7) is 14.0. The summed E-state index contributed by atoms with van der Waals surface area (Å²) >= 11 is 0. The van der Waals surface area contributed by atoms with Crippen LogP contribution in [0.15, 0.2) is 30.4 Å². The van der Waals surface area contributed by atoms with Gasteiger partial charge in [-0.1, -0.05) is 65.8 Å². The van der Waals surface area contributed by atoms with E-state index in [0.29, 0.717) is 49.7 Å². The quantitative estimate of drug-likeness (QED) is 0.205. The Morgan fingerprint density at radius 3 is 2.31 bits per heavy atom. The van der Waals surface area contributed by atoms with Gasteiger partial charge < -0.3 is 15.2 Å². The first-order valence-corrected chi connectivity index (χ1v) is 12.7. The smallest absolute Gasteiger partial charge is 0.328 e. The van der Waals surface area contributed by atoms with E-state index in [0.717, 1.165) is 24.8 Å². The van der Waals surface area contributed by atoms with Crippen LogP contribution in [0, 0.1) is 11.8 Å². The van der Waals surface area contributed by atoms with Crippen LogP contribution in [0.1, 0.15) is 84.8 Å². The van der Waals surface area contributed by atoms with Crippen LogP contribution < -0.4 is 10.1 Å². The van der Waals surface area contributed by atoms with Gasteiger partial charge in [0.15, 0.2) is 0 Å². The van der Waals surface area contributed by atoms with Gasteiger partial charge in [0.25, 0.3) is 0 Å². The SMILES string of the molecule is CCN(CC)[C@@](CC(C)C)(C(=O)O)c1ccc(CNC(=O)CCCC/C=C/C(C)C)cc1OC.Cl. The van der Waals surface area contributed by atoms with Gasteiger partial charge in [-0.25, -0.2) is 4.79 Å². The monoisotopic (exact) mass is 510 g/mol. The number of nitrogens with zero attached hydrogens (tertiary/aromatic N) is 1. The predicted molar refractivity (Wildman–Crippen MR) is 146 cm³/mol. The minimum absolute atomic E-state index is 0. The summed E-state index contributed by atoms with van der Waals surface area (Å²) in [7, 11) is 1.57. The average molecular weight is 511 g/mol. The van der Waals surface area contributed by atoms with Gasteiger partial charge in [-0.2, -0.15) is 0 Å². The first kappa shape index (κ1) is 33.0. The number of methoxy groups -OCH3 is 1. The van der Waals surface area contributed by atoms with Crippen LogP contribution in [0.3, 0.4) is 0 Å². The number of rotatable bonds is 16. The summed E-state index contributed by atoms with van der Waals surface area (Å²) < 4.78 is 5.68. The molecule has 0 unspecified atom stereocenters. The van der Waals surface area contributed by atoms with Gasteiger partial charge in [0.2, 0.25) is 5.91 Å². The largest absolute Gasteiger partial charge is 0.496 e. The molecule has 0 aromatic heterocycles. The van der Waals surface area contributed by atoms with Crippen LogP contribution in [-0.2, 0) is 21.7 Å². The third kappa shape index (κ3) is 9.85. The first-order valence-electron chi connectivity index (χ1n) is 12.7.